The minimum Gasteiger partial charge on any atom is -0.477 e. The number of hydrogen-bond acceptors (Lipinski definition) is 3. The van der Waals surface area contributed by atoms with Crippen LogP contribution in [0.4, 0.5) is 0 Å². The molecule has 1 aromatic rings. The largest absolute Gasteiger partial charge is 0.477 e. The zero-order valence-electron chi connectivity index (χ0n) is 7.68. The monoisotopic (exact) mass is 192 g/mol. The van der Waals surface area contributed by atoms with E-state index in [9.17, 15) is 4.79 Å². The van der Waals surface area contributed by atoms with Crippen LogP contribution < -0.4 is 5.73 Å². The number of rotatable bonds is 3. The van der Waals surface area contributed by atoms with Gasteiger partial charge in [0, 0.05) is 12.2 Å². The molecule has 0 saturated heterocycles. The van der Waals surface area contributed by atoms with Gasteiger partial charge in [-0.2, -0.15) is 0 Å². The first-order chi connectivity index (χ1) is 6.68. The van der Waals surface area contributed by atoms with E-state index in [0.29, 0.717) is 5.92 Å². The fourth-order valence-corrected chi connectivity index (χ4v) is 1.46. The highest BCUT2D eigenvalue weighted by atomic mass is 16.4. The zero-order chi connectivity index (χ0) is 10.1. The molecule has 1 fully saturated rings. The fraction of sp³-hybridized carbons (Fsp3) is 0.400. The molecule has 0 spiro atoms. The van der Waals surface area contributed by atoms with Crippen molar-refractivity contribution >= 4 is 5.97 Å². The molecule has 0 amide bonds. The van der Waals surface area contributed by atoms with Crippen LogP contribution in [0.5, 0.6) is 0 Å². The minimum absolute atomic E-state index is 0.0188. The molecule has 1 aromatic heterocycles. The maximum Gasteiger partial charge on any atom is 0.354 e. The predicted octanol–water partition coefficient (Wildman–Crippen LogP) is 1.19. The Hall–Kier alpha value is -1.42. The Morgan fingerprint density at radius 1 is 1.57 bits per heavy atom. The Kier molecular flexibility index (Phi) is 2.21. The van der Waals surface area contributed by atoms with E-state index >= 15 is 0 Å². The van der Waals surface area contributed by atoms with Crippen LogP contribution in [0.3, 0.4) is 0 Å². The number of aromatic carboxylic acids is 1. The Balaban J connectivity index is 2.16. The van der Waals surface area contributed by atoms with Gasteiger partial charge in [-0.15, -0.1) is 0 Å². The fourth-order valence-electron chi connectivity index (χ4n) is 1.46. The number of carboxylic acids is 1. The molecule has 1 saturated carbocycles. The van der Waals surface area contributed by atoms with Crippen LogP contribution >= 0.6 is 0 Å². The third-order valence-electron chi connectivity index (χ3n) is 2.52. The molecule has 1 atom stereocenters. The van der Waals surface area contributed by atoms with Gasteiger partial charge < -0.3 is 10.8 Å². The van der Waals surface area contributed by atoms with Gasteiger partial charge in [0.25, 0.3) is 0 Å². The number of pyridine rings is 1. The molecule has 0 aliphatic heterocycles. The van der Waals surface area contributed by atoms with Gasteiger partial charge >= 0.3 is 5.97 Å². The molecule has 14 heavy (non-hydrogen) atoms. The van der Waals surface area contributed by atoms with E-state index in [4.69, 9.17) is 10.8 Å². The molecule has 4 nitrogen and oxygen atoms in total. The van der Waals surface area contributed by atoms with Gasteiger partial charge in [-0.1, -0.05) is 6.07 Å². The maximum absolute atomic E-state index is 10.5. The van der Waals surface area contributed by atoms with Crippen molar-refractivity contribution in [1.82, 2.24) is 4.98 Å². The number of carboxylic acid groups (broad SMARTS) is 1. The van der Waals surface area contributed by atoms with Crippen molar-refractivity contribution in [3.05, 3.63) is 29.6 Å². The van der Waals surface area contributed by atoms with Crippen molar-refractivity contribution in [3.8, 4) is 0 Å². The van der Waals surface area contributed by atoms with Gasteiger partial charge in [-0.25, -0.2) is 9.78 Å². The Morgan fingerprint density at radius 2 is 2.29 bits per heavy atom. The van der Waals surface area contributed by atoms with Gasteiger partial charge in [0.05, 0.1) is 0 Å². The molecule has 0 unspecified atom stereocenters. The lowest BCUT2D eigenvalue weighted by atomic mass is 10.1. The summed E-state index contributed by atoms with van der Waals surface area (Å²) in [5.74, 6) is -0.441. The molecular formula is C10H12N2O2. The quantitative estimate of drug-likeness (QED) is 0.754. The summed E-state index contributed by atoms with van der Waals surface area (Å²) in [6.07, 6.45) is 3.90. The molecule has 74 valence electrons. The summed E-state index contributed by atoms with van der Waals surface area (Å²) in [5, 5.41) is 8.64. The molecule has 0 bridgehead atoms. The van der Waals surface area contributed by atoms with Crippen molar-refractivity contribution in [2.24, 2.45) is 11.7 Å². The summed E-state index contributed by atoms with van der Waals surface area (Å²) in [7, 11) is 0. The summed E-state index contributed by atoms with van der Waals surface area (Å²) >= 11 is 0. The van der Waals surface area contributed by atoms with Crippen molar-refractivity contribution in [2.45, 2.75) is 18.9 Å². The van der Waals surface area contributed by atoms with Crippen LogP contribution in [-0.4, -0.2) is 16.1 Å². The first kappa shape index (κ1) is 9.15. The number of carbonyl (C=O) groups is 1. The van der Waals surface area contributed by atoms with Crippen LogP contribution in [0.25, 0.3) is 0 Å². The number of hydrogen-bond donors (Lipinski definition) is 2. The second kappa shape index (κ2) is 3.38. The smallest absolute Gasteiger partial charge is 0.354 e. The molecule has 1 aliphatic rings. The summed E-state index contributed by atoms with van der Waals surface area (Å²) in [6, 6.07) is 3.27. The van der Waals surface area contributed by atoms with Gasteiger partial charge in [-0.3, -0.25) is 0 Å². The van der Waals surface area contributed by atoms with Crippen LogP contribution in [0.15, 0.2) is 18.3 Å². The molecule has 2 rings (SSSR count). The average molecular weight is 192 g/mol. The Labute approximate surface area is 81.8 Å². The van der Waals surface area contributed by atoms with Gasteiger partial charge in [0.2, 0.25) is 0 Å². The first-order valence-corrected chi connectivity index (χ1v) is 4.63. The van der Waals surface area contributed by atoms with Crippen molar-refractivity contribution in [1.29, 1.82) is 0 Å². The standard InChI is InChI=1S/C10H12N2O2/c11-9(6-1-2-6)7-3-4-8(10(13)14)12-5-7/h3-6,9H,1-2,11H2,(H,13,14)/t9-/m1/s1. The first-order valence-electron chi connectivity index (χ1n) is 4.63. The third-order valence-corrected chi connectivity index (χ3v) is 2.52. The van der Waals surface area contributed by atoms with Crippen LogP contribution in [0.2, 0.25) is 0 Å². The normalized spacial score (nSPS) is 17.8. The number of nitrogens with two attached hydrogens (primary N) is 1. The van der Waals surface area contributed by atoms with Gasteiger partial charge in [0.15, 0.2) is 0 Å². The van der Waals surface area contributed by atoms with E-state index in [1.54, 1.807) is 12.3 Å². The van der Waals surface area contributed by atoms with Gasteiger partial charge in [-0.05, 0) is 30.4 Å². The summed E-state index contributed by atoms with van der Waals surface area (Å²) < 4.78 is 0. The molecular weight excluding hydrogens is 180 g/mol. The molecule has 1 aliphatic carbocycles. The minimum atomic E-state index is -1.00. The van der Waals surface area contributed by atoms with Gasteiger partial charge in [0.1, 0.15) is 5.69 Å². The lowest BCUT2D eigenvalue weighted by Crippen LogP contribution is -2.13. The second-order valence-electron chi connectivity index (χ2n) is 3.65. The predicted molar refractivity (Wildman–Crippen MR) is 50.8 cm³/mol. The number of nitrogens with zero attached hydrogens (tertiary/aromatic N) is 1. The molecule has 0 radical (unpaired) electrons. The van der Waals surface area contributed by atoms with Crippen molar-refractivity contribution in [3.63, 3.8) is 0 Å². The van der Waals surface area contributed by atoms with Crippen molar-refractivity contribution < 1.29 is 9.90 Å². The molecule has 4 heteroatoms. The number of aromatic nitrogens is 1. The third kappa shape index (κ3) is 1.75. The SMILES string of the molecule is N[C@@H](c1ccc(C(=O)O)nc1)C1CC1. The van der Waals surface area contributed by atoms with E-state index in [1.165, 1.54) is 18.9 Å². The van der Waals surface area contributed by atoms with Crippen molar-refractivity contribution in [2.75, 3.05) is 0 Å². The molecule has 3 N–H and O–H groups in total. The van der Waals surface area contributed by atoms with E-state index in [-0.39, 0.29) is 11.7 Å². The average Bonchev–Trinajstić information content (AvgIpc) is 3.00. The highest BCUT2D eigenvalue weighted by molar-refractivity contribution is 5.85. The highest BCUT2D eigenvalue weighted by Crippen LogP contribution is 2.39. The Bertz CT molecular complexity index is 344. The molecule has 0 aromatic carbocycles. The van der Waals surface area contributed by atoms with E-state index in [0.717, 1.165) is 5.56 Å². The lowest BCUT2D eigenvalue weighted by molar-refractivity contribution is 0.0690. The van der Waals surface area contributed by atoms with E-state index in [2.05, 4.69) is 4.98 Å². The topological polar surface area (TPSA) is 76.2 Å². The summed E-state index contributed by atoms with van der Waals surface area (Å²) in [5.41, 5.74) is 6.93. The van der Waals surface area contributed by atoms with E-state index in [1.807, 2.05) is 0 Å². The maximum atomic E-state index is 10.5. The van der Waals surface area contributed by atoms with E-state index < -0.39 is 5.97 Å². The zero-order valence-corrected chi connectivity index (χ0v) is 7.68. The Morgan fingerprint density at radius 3 is 2.71 bits per heavy atom. The van der Waals surface area contributed by atoms with Crippen LogP contribution in [-0.2, 0) is 0 Å². The van der Waals surface area contributed by atoms with Crippen LogP contribution in [0.1, 0.15) is 34.9 Å². The molecule has 1 heterocycles. The highest BCUT2D eigenvalue weighted by Gasteiger charge is 2.29. The summed E-state index contributed by atoms with van der Waals surface area (Å²) in [6.45, 7) is 0. The van der Waals surface area contributed by atoms with Crippen LogP contribution in [0, 0.1) is 5.92 Å². The second-order valence-corrected chi connectivity index (χ2v) is 3.65. The summed E-state index contributed by atoms with van der Waals surface area (Å²) in [4.78, 5) is 14.4. The lowest BCUT2D eigenvalue weighted by Gasteiger charge is -2.09.